The smallest absolute Gasteiger partial charge is 0.221 e. The molecule has 0 aliphatic rings. The molecule has 0 aliphatic heterocycles. The highest BCUT2D eigenvalue weighted by molar-refractivity contribution is 7.99. The first-order chi connectivity index (χ1) is 8.74. The topological polar surface area (TPSA) is 106 Å². The molecule has 3 heterocycles. The second kappa shape index (κ2) is 4.22. The van der Waals surface area contributed by atoms with Crippen molar-refractivity contribution in [3.63, 3.8) is 0 Å². The lowest BCUT2D eigenvalue weighted by atomic mass is 10.4. The van der Waals surface area contributed by atoms with Crippen LogP contribution < -0.4 is 5.73 Å². The molecule has 0 radical (unpaired) electrons. The molecule has 90 valence electrons. The number of H-pyrrole nitrogens is 1. The van der Waals surface area contributed by atoms with E-state index in [0.717, 1.165) is 21.1 Å². The van der Waals surface area contributed by atoms with E-state index in [9.17, 15) is 0 Å². The third-order valence-electron chi connectivity index (χ3n) is 2.33. The largest absolute Gasteiger partial charge is 0.368 e. The van der Waals surface area contributed by atoms with Crippen LogP contribution in [0.25, 0.3) is 11.2 Å². The minimum absolute atomic E-state index is 0.248. The molecule has 0 bridgehead atoms. The van der Waals surface area contributed by atoms with Gasteiger partial charge in [0, 0.05) is 11.8 Å². The van der Waals surface area contributed by atoms with Gasteiger partial charge in [0.1, 0.15) is 21.9 Å². The number of aryl methyl sites for hydroxylation is 1. The van der Waals surface area contributed by atoms with Crippen LogP contribution in [0, 0.1) is 6.92 Å². The van der Waals surface area contributed by atoms with E-state index in [0.29, 0.717) is 5.65 Å². The van der Waals surface area contributed by atoms with Crippen molar-refractivity contribution < 1.29 is 0 Å². The number of nitrogens with one attached hydrogen (secondary N) is 1. The van der Waals surface area contributed by atoms with E-state index in [2.05, 4.69) is 29.9 Å². The summed E-state index contributed by atoms with van der Waals surface area (Å²) in [7, 11) is 0. The third-order valence-corrected chi connectivity index (χ3v) is 3.43. The fourth-order valence-corrected chi connectivity index (χ4v) is 2.34. The van der Waals surface area contributed by atoms with Crippen molar-refractivity contribution in [3.05, 3.63) is 24.4 Å². The van der Waals surface area contributed by atoms with Crippen molar-refractivity contribution in [2.75, 3.05) is 5.73 Å². The Morgan fingerprint density at radius 3 is 2.94 bits per heavy atom. The number of nitrogens with zero attached hydrogens (tertiary/aromatic N) is 5. The number of aromatic nitrogens is 6. The summed E-state index contributed by atoms with van der Waals surface area (Å²) >= 11 is 1.41. The van der Waals surface area contributed by atoms with E-state index in [1.165, 1.54) is 18.1 Å². The fraction of sp³-hybridized carbons (Fsp3) is 0.100. The predicted molar refractivity (Wildman–Crippen MR) is 67.0 cm³/mol. The van der Waals surface area contributed by atoms with E-state index in [1.807, 2.05) is 6.92 Å². The number of hydrogen-bond acceptors (Lipinski definition) is 7. The van der Waals surface area contributed by atoms with Crippen molar-refractivity contribution in [3.8, 4) is 0 Å². The van der Waals surface area contributed by atoms with E-state index in [1.54, 1.807) is 12.5 Å². The SMILES string of the molecule is Cc1cnc(N)nc1Sc1ncnc2nc[nH]c12. The average Bonchev–Trinajstić information content (AvgIpc) is 2.83. The van der Waals surface area contributed by atoms with Crippen LogP contribution in [0.3, 0.4) is 0 Å². The van der Waals surface area contributed by atoms with Gasteiger partial charge in [0.05, 0.1) is 6.33 Å². The van der Waals surface area contributed by atoms with Gasteiger partial charge in [-0.05, 0) is 18.7 Å². The summed E-state index contributed by atoms with van der Waals surface area (Å²) in [4.78, 5) is 23.5. The van der Waals surface area contributed by atoms with Gasteiger partial charge in [-0.2, -0.15) is 0 Å². The maximum Gasteiger partial charge on any atom is 0.221 e. The van der Waals surface area contributed by atoms with Crippen molar-refractivity contribution in [2.24, 2.45) is 0 Å². The fourth-order valence-electron chi connectivity index (χ4n) is 1.45. The maximum absolute atomic E-state index is 5.59. The number of rotatable bonds is 2. The molecule has 0 saturated heterocycles. The van der Waals surface area contributed by atoms with E-state index in [4.69, 9.17) is 5.73 Å². The molecule has 0 saturated carbocycles. The summed E-state index contributed by atoms with van der Waals surface area (Å²) < 4.78 is 0. The summed E-state index contributed by atoms with van der Waals surface area (Å²) in [5.74, 6) is 0.248. The molecule has 0 aromatic carbocycles. The van der Waals surface area contributed by atoms with Gasteiger partial charge in [-0.3, -0.25) is 0 Å². The van der Waals surface area contributed by atoms with Gasteiger partial charge in [0.15, 0.2) is 5.65 Å². The first kappa shape index (κ1) is 10.9. The van der Waals surface area contributed by atoms with Crippen LogP contribution in [0.1, 0.15) is 5.56 Å². The average molecular weight is 259 g/mol. The van der Waals surface area contributed by atoms with Gasteiger partial charge >= 0.3 is 0 Å². The monoisotopic (exact) mass is 259 g/mol. The highest BCUT2D eigenvalue weighted by Crippen LogP contribution is 2.30. The second-order valence-corrected chi connectivity index (χ2v) is 4.58. The first-order valence-electron chi connectivity index (χ1n) is 5.15. The normalized spacial score (nSPS) is 10.9. The molecule has 0 amide bonds. The van der Waals surface area contributed by atoms with Gasteiger partial charge in [-0.25, -0.2) is 24.9 Å². The molecule has 0 fully saturated rings. The molecule has 3 aromatic rings. The van der Waals surface area contributed by atoms with Crippen molar-refractivity contribution in [1.82, 2.24) is 29.9 Å². The molecule has 0 unspecified atom stereocenters. The number of fused-ring (bicyclic) bond motifs is 1. The molecular weight excluding hydrogens is 250 g/mol. The summed E-state index contributed by atoms with van der Waals surface area (Å²) in [6.07, 6.45) is 4.76. The summed E-state index contributed by atoms with van der Waals surface area (Å²) in [6.45, 7) is 1.92. The number of nitrogen functional groups attached to an aromatic ring is 1. The zero-order valence-electron chi connectivity index (χ0n) is 9.45. The maximum atomic E-state index is 5.59. The molecule has 0 atom stereocenters. The molecular formula is C10H9N7S. The van der Waals surface area contributed by atoms with Crippen LogP contribution in [-0.2, 0) is 0 Å². The lowest BCUT2D eigenvalue weighted by molar-refractivity contribution is 1.01. The minimum Gasteiger partial charge on any atom is -0.368 e. The van der Waals surface area contributed by atoms with Gasteiger partial charge < -0.3 is 10.7 Å². The molecule has 0 aliphatic carbocycles. The molecule has 7 nitrogen and oxygen atoms in total. The molecule has 3 N–H and O–H groups in total. The molecule has 8 heteroatoms. The van der Waals surface area contributed by atoms with Crippen LogP contribution in [-0.4, -0.2) is 29.9 Å². The van der Waals surface area contributed by atoms with Crippen molar-refractivity contribution in [2.45, 2.75) is 17.0 Å². The number of hydrogen-bond donors (Lipinski definition) is 2. The Bertz CT molecular complexity index is 708. The van der Waals surface area contributed by atoms with Gasteiger partial charge in [0.25, 0.3) is 0 Å². The Kier molecular flexibility index (Phi) is 2.56. The van der Waals surface area contributed by atoms with E-state index >= 15 is 0 Å². The van der Waals surface area contributed by atoms with Crippen LogP contribution >= 0.6 is 11.8 Å². The predicted octanol–water partition coefficient (Wildman–Crippen LogP) is 1.18. The molecule has 3 aromatic heterocycles. The standard InChI is InChI=1S/C10H9N7S/c1-5-2-12-10(11)17-8(5)18-9-6-7(14-3-13-6)15-4-16-9/h2-4H,1H3,(H2,11,12,17)(H,13,14,15,16). The van der Waals surface area contributed by atoms with Gasteiger partial charge in [-0.15, -0.1) is 0 Å². The molecule has 18 heavy (non-hydrogen) atoms. The van der Waals surface area contributed by atoms with Crippen LogP contribution in [0.5, 0.6) is 0 Å². The number of aromatic amines is 1. The zero-order valence-corrected chi connectivity index (χ0v) is 10.3. The van der Waals surface area contributed by atoms with Crippen LogP contribution in [0.4, 0.5) is 5.95 Å². The summed E-state index contributed by atoms with van der Waals surface area (Å²) in [5.41, 5.74) is 7.95. The summed E-state index contributed by atoms with van der Waals surface area (Å²) in [6, 6.07) is 0. The van der Waals surface area contributed by atoms with Crippen LogP contribution in [0.15, 0.2) is 28.9 Å². The van der Waals surface area contributed by atoms with E-state index in [-0.39, 0.29) is 5.95 Å². The highest BCUT2D eigenvalue weighted by atomic mass is 32.2. The Morgan fingerprint density at radius 1 is 1.17 bits per heavy atom. The first-order valence-corrected chi connectivity index (χ1v) is 5.97. The summed E-state index contributed by atoms with van der Waals surface area (Å²) in [5, 5.41) is 1.54. The molecule has 0 spiro atoms. The second-order valence-electron chi connectivity index (χ2n) is 3.60. The van der Waals surface area contributed by atoms with Gasteiger partial charge in [-0.1, -0.05) is 0 Å². The quantitative estimate of drug-likeness (QED) is 0.665. The zero-order chi connectivity index (χ0) is 12.5. The highest BCUT2D eigenvalue weighted by Gasteiger charge is 2.10. The van der Waals surface area contributed by atoms with Crippen LogP contribution in [0.2, 0.25) is 0 Å². The number of imidazole rings is 1. The Labute approximate surface area is 106 Å². The van der Waals surface area contributed by atoms with Crippen molar-refractivity contribution >= 4 is 28.9 Å². The van der Waals surface area contributed by atoms with E-state index < -0.39 is 0 Å². The minimum atomic E-state index is 0.248. The lowest BCUT2D eigenvalue weighted by Gasteiger charge is -2.04. The Hall–Kier alpha value is -2.22. The van der Waals surface area contributed by atoms with Gasteiger partial charge in [0.2, 0.25) is 5.95 Å². The van der Waals surface area contributed by atoms with Crippen molar-refractivity contribution in [1.29, 1.82) is 0 Å². The Morgan fingerprint density at radius 2 is 2.06 bits per heavy atom. The lowest BCUT2D eigenvalue weighted by Crippen LogP contribution is -1.97. The third kappa shape index (κ3) is 1.86. The number of nitrogens with two attached hydrogens (primary N) is 1. The Balaban J connectivity index is 2.06. The number of anilines is 1. The molecule has 3 rings (SSSR count).